The monoisotopic (exact) mass is 399 g/mol. The minimum atomic E-state index is -0.880. The second kappa shape index (κ2) is 10.1. The fraction of sp³-hybridized carbons (Fsp3) is 0.545. The lowest BCUT2D eigenvalue weighted by Crippen LogP contribution is -2.51. The van der Waals surface area contributed by atoms with Crippen molar-refractivity contribution in [3.63, 3.8) is 0 Å². The summed E-state index contributed by atoms with van der Waals surface area (Å²) in [5, 5.41) is 14.9. The minimum absolute atomic E-state index is 0.220. The van der Waals surface area contributed by atoms with Crippen LogP contribution in [0.5, 0.6) is 0 Å². The molecule has 0 aliphatic heterocycles. The Morgan fingerprint density at radius 2 is 1.83 bits per heavy atom. The molecule has 7 heteroatoms. The Hall–Kier alpha value is -2.88. The van der Waals surface area contributed by atoms with Crippen LogP contribution >= 0.6 is 0 Å². The number of esters is 1. The van der Waals surface area contributed by atoms with Crippen molar-refractivity contribution in [2.75, 3.05) is 6.61 Å². The summed E-state index contributed by atoms with van der Waals surface area (Å²) < 4.78 is 5.15. The van der Waals surface area contributed by atoms with Crippen LogP contribution in [0, 0.1) is 24.2 Å². The summed E-state index contributed by atoms with van der Waals surface area (Å²) in [4.78, 5) is 37.3. The standard InChI is InChI=1S/C22H29N3O4/c1-15(2)19(24-20(27)17-10-6-5-9-16(17)3)21(28)29-13-18(26)25-22(14-23)11-7-4-8-12-22/h5-6,9-10,15,19H,4,7-8,11-13H2,1-3H3,(H,24,27)(H,25,26)/t19-/m0/s1. The molecule has 0 aromatic heterocycles. The predicted octanol–water partition coefficient (Wildman–Crippen LogP) is 2.64. The highest BCUT2D eigenvalue weighted by Gasteiger charge is 2.34. The van der Waals surface area contributed by atoms with Crippen LogP contribution in [0.2, 0.25) is 0 Å². The molecule has 0 radical (unpaired) electrons. The molecule has 0 spiro atoms. The molecule has 1 aliphatic rings. The van der Waals surface area contributed by atoms with E-state index >= 15 is 0 Å². The molecule has 156 valence electrons. The predicted molar refractivity (Wildman–Crippen MR) is 108 cm³/mol. The largest absolute Gasteiger partial charge is 0.454 e. The zero-order valence-corrected chi connectivity index (χ0v) is 17.3. The normalized spacial score (nSPS) is 16.4. The highest BCUT2D eigenvalue weighted by atomic mass is 16.5. The van der Waals surface area contributed by atoms with Crippen molar-refractivity contribution in [3.8, 4) is 6.07 Å². The van der Waals surface area contributed by atoms with E-state index in [4.69, 9.17) is 4.74 Å². The van der Waals surface area contributed by atoms with Gasteiger partial charge in [-0.3, -0.25) is 9.59 Å². The van der Waals surface area contributed by atoms with Gasteiger partial charge in [0.15, 0.2) is 6.61 Å². The summed E-state index contributed by atoms with van der Waals surface area (Å²) in [5.41, 5.74) is 0.407. The molecule has 2 amide bonds. The maximum atomic E-state index is 12.5. The minimum Gasteiger partial charge on any atom is -0.454 e. The Morgan fingerprint density at radius 3 is 2.41 bits per heavy atom. The SMILES string of the molecule is Cc1ccccc1C(=O)N[C@H](C(=O)OCC(=O)NC1(C#N)CCCCC1)C(C)C. The van der Waals surface area contributed by atoms with Crippen molar-refractivity contribution >= 4 is 17.8 Å². The zero-order valence-electron chi connectivity index (χ0n) is 17.3. The molecule has 1 aromatic carbocycles. The molecule has 29 heavy (non-hydrogen) atoms. The molecule has 0 unspecified atom stereocenters. The molecule has 1 atom stereocenters. The molecular formula is C22H29N3O4. The van der Waals surface area contributed by atoms with E-state index in [2.05, 4.69) is 16.7 Å². The van der Waals surface area contributed by atoms with Gasteiger partial charge in [-0.2, -0.15) is 5.26 Å². The van der Waals surface area contributed by atoms with Gasteiger partial charge in [-0.05, 0) is 37.3 Å². The van der Waals surface area contributed by atoms with E-state index in [9.17, 15) is 19.6 Å². The number of amides is 2. The maximum Gasteiger partial charge on any atom is 0.329 e. The van der Waals surface area contributed by atoms with E-state index < -0.39 is 30.1 Å². The van der Waals surface area contributed by atoms with Crippen molar-refractivity contribution in [2.24, 2.45) is 5.92 Å². The summed E-state index contributed by atoms with van der Waals surface area (Å²) in [6.45, 7) is 4.91. The Kier molecular flexibility index (Phi) is 7.77. The van der Waals surface area contributed by atoms with Gasteiger partial charge in [0.1, 0.15) is 11.6 Å². The summed E-state index contributed by atoms with van der Waals surface area (Å²) in [6, 6.07) is 8.41. The molecule has 7 nitrogen and oxygen atoms in total. The van der Waals surface area contributed by atoms with Crippen molar-refractivity contribution in [1.29, 1.82) is 5.26 Å². The molecule has 1 aliphatic carbocycles. The second-order valence-corrected chi connectivity index (χ2v) is 7.92. The van der Waals surface area contributed by atoms with Gasteiger partial charge in [0.2, 0.25) is 0 Å². The van der Waals surface area contributed by atoms with Crippen LogP contribution < -0.4 is 10.6 Å². The third-order valence-electron chi connectivity index (χ3n) is 5.24. The van der Waals surface area contributed by atoms with Gasteiger partial charge in [0, 0.05) is 5.56 Å². The molecule has 1 fully saturated rings. The number of hydrogen-bond acceptors (Lipinski definition) is 5. The molecule has 2 rings (SSSR count). The zero-order chi connectivity index (χ0) is 21.4. The van der Waals surface area contributed by atoms with Crippen LogP contribution in [-0.4, -0.2) is 36.0 Å². The van der Waals surface area contributed by atoms with E-state index in [-0.39, 0.29) is 11.8 Å². The highest BCUT2D eigenvalue weighted by Crippen LogP contribution is 2.27. The van der Waals surface area contributed by atoms with E-state index in [0.717, 1.165) is 24.8 Å². The summed E-state index contributed by atoms with van der Waals surface area (Å²) >= 11 is 0. The van der Waals surface area contributed by atoms with Gasteiger partial charge in [-0.1, -0.05) is 51.3 Å². The lowest BCUT2D eigenvalue weighted by Gasteiger charge is -2.31. The molecule has 2 N–H and O–H groups in total. The fourth-order valence-corrected chi connectivity index (χ4v) is 3.49. The smallest absolute Gasteiger partial charge is 0.329 e. The summed E-state index contributed by atoms with van der Waals surface area (Å²) in [7, 11) is 0. The van der Waals surface area contributed by atoms with Crippen molar-refractivity contribution in [1.82, 2.24) is 10.6 Å². The third kappa shape index (κ3) is 6.05. The first-order chi connectivity index (χ1) is 13.8. The number of hydrogen-bond donors (Lipinski definition) is 2. The average molecular weight is 399 g/mol. The number of nitrogens with one attached hydrogen (secondary N) is 2. The molecule has 1 saturated carbocycles. The lowest BCUT2D eigenvalue weighted by atomic mass is 9.83. The van der Waals surface area contributed by atoms with Gasteiger partial charge < -0.3 is 15.4 Å². The second-order valence-electron chi connectivity index (χ2n) is 7.92. The fourth-order valence-electron chi connectivity index (χ4n) is 3.49. The maximum absolute atomic E-state index is 12.5. The number of carbonyl (C=O) groups is 3. The van der Waals surface area contributed by atoms with Crippen LogP contribution in [0.4, 0.5) is 0 Å². The summed E-state index contributed by atoms with van der Waals surface area (Å²) in [6.07, 6.45) is 4.02. The molecule has 0 heterocycles. The summed E-state index contributed by atoms with van der Waals surface area (Å²) in [5.74, 6) is -1.77. The van der Waals surface area contributed by atoms with Crippen LogP contribution in [0.1, 0.15) is 61.9 Å². The van der Waals surface area contributed by atoms with E-state index in [1.54, 1.807) is 26.0 Å². The number of nitrogens with zero attached hydrogens (tertiary/aromatic N) is 1. The highest BCUT2D eigenvalue weighted by molar-refractivity contribution is 5.98. The van der Waals surface area contributed by atoms with Crippen LogP contribution in [0.15, 0.2) is 24.3 Å². The third-order valence-corrected chi connectivity index (χ3v) is 5.24. The van der Waals surface area contributed by atoms with Gasteiger partial charge >= 0.3 is 5.97 Å². The van der Waals surface area contributed by atoms with Crippen LogP contribution in [-0.2, 0) is 14.3 Å². The number of nitriles is 1. The first-order valence-electron chi connectivity index (χ1n) is 10.0. The Bertz CT molecular complexity index is 791. The molecule has 1 aromatic rings. The van der Waals surface area contributed by atoms with Crippen molar-refractivity contribution in [2.45, 2.75) is 64.5 Å². The number of ether oxygens (including phenoxy) is 1. The lowest BCUT2D eigenvalue weighted by molar-refractivity contribution is -0.151. The number of carbonyl (C=O) groups excluding carboxylic acids is 3. The van der Waals surface area contributed by atoms with E-state index in [1.807, 2.05) is 19.1 Å². The van der Waals surface area contributed by atoms with Crippen molar-refractivity contribution < 1.29 is 19.1 Å². The number of rotatable bonds is 7. The van der Waals surface area contributed by atoms with Gasteiger partial charge in [0.25, 0.3) is 11.8 Å². The molecular weight excluding hydrogens is 370 g/mol. The van der Waals surface area contributed by atoms with Gasteiger partial charge in [-0.15, -0.1) is 0 Å². The molecule has 0 saturated heterocycles. The van der Waals surface area contributed by atoms with Crippen LogP contribution in [0.3, 0.4) is 0 Å². The topological polar surface area (TPSA) is 108 Å². The van der Waals surface area contributed by atoms with E-state index in [1.165, 1.54) is 0 Å². The Labute approximate surface area is 171 Å². The molecule has 0 bridgehead atoms. The van der Waals surface area contributed by atoms with Crippen LogP contribution in [0.25, 0.3) is 0 Å². The first-order valence-corrected chi connectivity index (χ1v) is 10.0. The Morgan fingerprint density at radius 1 is 1.17 bits per heavy atom. The number of aryl methyl sites for hydroxylation is 1. The van der Waals surface area contributed by atoms with Crippen molar-refractivity contribution in [3.05, 3.63) is 35.4 Å². The van der Waals surface area contributed by atoms with Gasteiger partial charge in [0.05, 0.1) is 6.07 Å². The quantitative estimate of drug-likeness (QED) is 0.685. The van der Waals surface area contributed by atoms with Gasteiger partial charge in [-0.25, -0.2) is 4.79 Å². The number of benzene rings is 1. The Balaban J connectivity index is 1.94. The van der Waals surface area contributed by atoms with E-state index in [0.29, 0.717) is 18.4 Å². The first kappa shape index (κ1) is 22.4. The average Bonchev–Trinajstić information content (AvgIpc) is 2.70.